The van der Waals surface area contributed by atoms with Crippen LogP contribution in [0.4, 0.5) is 0 Å². The predicted molar refractivity (Wildman–Crippen MR) is 114 cm³/mol. The van der Waals surface area contributed by atoms with E-state index in [0.29, 0.717) is 38.5 Å². The zero-order valence-corrected chi connectivity index (χ0v) is 17.9. The Morgan fingerprint density at radius 1 is 1.23 bits per heavy atom. The van der Waals surface area contributed by atoms with Crippen molar-refractivity contribution in [1.29, 1.82) is 0 Å². The summed E-state index contributed by atoms with van der Waals surface area (Å²) < 4.78 is 9.49. The molecule has 1 aliphatic rings. The monoisotopic (exact) mass is 410 g/mol. The van der Waals surface area contributed by atoms with Crippen molar-refractivity contribution in [2.75, 3.05) is 26.3 Å². The molecule has 1 N–H and O–H groups in total. The first-order valence-electron chi connectivity index (χ1n) is 10.5. The van der Waals surface area contributed by atoms with Gasteiger partial charge in [0.2, 0.25) is 0 Å². The van der Waals surface area contributed by atoms with Gasteiger partial charge in [-0.15, -0.1) is 0 Å². The number of amides is 1. The van der Waals surface area contributed by atoms with Crippen molar-refractivity contribution in [1.82, 2.24) is 29.2 Å². The highest BCUT2D eigenvalue weighted by Crippen LogP contribution is 2.22. The molecule has 8 heteroatoms. The zero-order chi connectivity index (χ0) is 21.1. The van der Waals surface area contributed by atoms with Crippen LogP contribution >= 0.6 is 0 Å². The summed E-state index contributed by atoms with van der Waals surface area (Å²) in [6, 6.07) is 6.03. The van der Waals surface area contributed by atoms with Crippen molar-refractivity contribution in [3.63, 3.8) is 0 Å². The van der Waals surface area contributed by atoms with E-state index in [2.05, 4.69) is 40.6 Å². The summed E-state index contributed by atoms with van der Waals surface area (Å²) in [5.41, 5.74) is 2.22. The van der Waals surface area contributed by atoms with Gasteiger partial charge in [-0.25, -0.2) is 9.97 Å². The quantitative estimate of drug-likeness (QED) is 0.674. The molecule has 0 spiro atoms. The summed E-state index contributed by atoms with van der Waals surface area (Å²) >= 11 is 0. The molecule has 1 aliphatic heterocycles. The third kappa shape index (κ3) is 4.39. The van der Waals surface area contributed by atoms with Crippen molar-refractivity contribution in [3.05, 3.63) is 54.5 Å². The Balaban J connectivity index is 1.61. The summed E-state index contributed by atoms with van der Waals surface area (Å²) in [6.45, 7) is 10.4. The predicted octanol–water partition coefficient (Wildman–Crippen LogP) is 2.21. The van der Waals surface area contributed by atoms with Crippen LogP contribution in [-0.4, -0.2) is 62.1 Å². The van der Waals surface area contributed by atoms with Gasteiger partial charge in [0.25, 0.3) is 5.91 Å². The fourth-order valence-electron chi connectivity index (χ4n) is 3.77. The van der Waals surface area contributed by atoms with Gasteiger partial charge in [-0.2, -0.15) is 0 Å². The van der Waals surface area contributed by atoms with Gasteiger partial charge in [-0.3, -0.25) is 4.79 Å². The van der Waals surface area contributed by atoms with Crippen LogP contribution in [0, 0.1) is 5.41 Å². The number of rotatable bonds is 6. The first-order valence-corrected chi connectivity index (χ1v) is 10.5. The van der Waals surface area contributed by atoms with Crippen molar-refractivity contribution >= 4 is 11.6 Å². The summed E-state index contributed by atoms with van der Waals surface area (Å²) in [4.78, 5) is 23.9. The molecule has 160 valence electrons. The number of carbonyl (C=O) groups excluding carboxylic acids is 1. The number of nitrogens with one attached hydrogen (secondary N) is 1. The number of ether oxygens (including phenoxy) is 1. The third-order valence-electron chi connectivity index (χ3n) is 5.64. The van der Waals surface area contributed by atoms with E-state index in [1.807, 2.05) is 46.2 Å². The van der Waals surface area contributed by atoms with Gasteiger partial charge in [-0.1, -0.05) is 26.8 Å². The molecule has 4 heterocycles. The summed E-state index contributed by atoms with van der Waals surface area (Å²) in [5, 5.41) is 3.69. The molecule has 0 bridgehead atoms. The van der Waals surface area contributed by atoms with Gasteiger partial charge < -0.3 is 23.9 Å². The maximum atomic E-state index is 13.2. The molecule has 1 amide bonds. The number of nitrogens with zero attached hydrogens (tertiary/aromatic N) is 5. The van der Waals surface area contributed by atoms with Gasteiger partial charge in [0.1, 0.15) is 5.65 Å². The number of carbonyl (C=O) groups is 1. The topological polar surface area (TPSA) is 76.7 Å². The summed E-state index contributed by atoms with van der Waals surface area (Å²) in [7, 11) is 0. The van der Waals surface area contributed by atoms with E-state index in [1.54, 1.807) is 6.20 Å². The number of morpholine rings is 1. The van der Waals surface area contributed by atoms with Gasteiger partial charge in [-0.05, 0) is 17.5 Å². The second-order valence-corrected chi connectivity index (χ2v) is 8.80. The number of aromatic nitrogens is 4. The molecule has 0 saturated carbocycles. The minimum absolute atomic E-state index is 0.0269. The molecule has 4 rings (SSSR count). The fraction of sp³-hybridized carbons (Fsp3) is 0.500. The molecule has 3 aromatic rings. The molecule has 0 radical (unpaired) electrons. The molecule has 1 fully saturated rings. The Morgan fingerprint density at radius 3 is 2.73 bits per heavy atom. The van der Waals surface area contributed by atoms with Crippen molar-refractivity contribution in [2.45, 2.75) is 39.9 Å². The SMILES string of the molecule is CC(C)(C)C(Cn1ccnc1)NCc1c(C(=O)N2CCOCC2)nc2ccccn12. The molecule has 3 aromatic heterocycles. The minimum atomic E-state index is -0.0271. The van der Waals surface area contributed by atoms with E-state index < -0.39 is 0 Å². The smallest absolute Gasteiger partial charge is 0.274 e. The lowest BCUT2D eigenvalue weighted by Crippen LogP contribution is -2.44. The van der Waals surface area contributed by atoms with Crippen LogP contribution in [0.3, 0.4) is 0 Å². The molecule has 0 aliphatic carbocycles. The van der Waals surface area contributed by atoms with Gasteiger partial charge in [0.15, 0.2) is 5.69 Å². The van der Waals surface area contributed by atoms with Crippen molar-refractivity contribution < 1.29 is 9.53 Å². The Hall–Kier alpha value is -2.71. The Morgan fingerprint density at radius 2 is 2.03 bits per heavy atom. The normalized spacial score (nSPS) is 16.2. The van der Waals surface area contributed by atoms with Gasteiger partial charge in [0, 0.05) is 50.8 Å². The lowest BCUT2D eigenvalue weighted by atomic mass is 9.86. The van der Waals surface area contributed by atoms with E-state index in [4.69, 9.17) is 4.74 Å². The summed E-state index contributed by atoms with van der Waals surface area (Å²) in [5.74, 6) is -0.0271. The highest BCUT2D eigenvalue weighted by Gasteiger charge is 2.28. The van der Waals surface area contributed by atoms with Gasteiger partial charge in [0.05, 0.1) is 25.2 Å². The van der Waals surface area contributed by atoms with E-state index in [1.165, 1.54) is 0 Å². The highest BCUT2D eigenvalue weighted by atomic mass is 16.5. The van der Waals surface area contributed by atoms with Crippen LogP contribution in [0.25, 0.3) is 5.65 Å². The Kier molecular flexibility index (Phi) is 5.87. The number of hydrogen-bond donors (Lipinski definition) is 1. The molecule has 30 heavy (non-hydrogen) atoms. The Bertz CT molecular complexity index is 983. The maximum Gasteiger partial charge on any atom is 0.274 e. The van der Waals surface area contributed by atoms with Gasteiger partial charge >= 0.3 is 0 Å². The maximum absolute atomic E-state index is 13.2. The molecule has 1 saturated heterocycles. The van der Waals surface area contributed by atoms with Crippen molar-refractivity contribution in [3.8, 4) is 0 Å². The summed E-state index contributed by atoms with van der Waals surface area (Å²) in [6.07, 6.45) is 7.57. The standard InChI is InChI=1S/C22H30N6O2/c1-22(2,3)18(15-26-9-7-23-16-26)24-14-17-20(21(29)27-10-12-30-13-11-27)25-19-6-4-5-8-28(17)19/h4-9,16,18,24H,10-15H2,1-3H3. The van der Waals surface area contributed by atoms with Crippen LogP contribution in [0.1, 0.15) is 37.0 Å². The van der Waals surface area contributed by atoms with Crippen LogP contribution in [-0.2, 0) is 17.8 Å². The number of imidazole rings is 2. The first-order chi connectivity index (χ1) is 14.4. The number of hydrogen-bond acceptors (Lipinski definition) is 5. The molecule has 1 unspecified atom stereocenters. The van der Waals surface area contributed by atoms with Crippen LogP contribution in [0.15, 0.2) is 43.1 Å². The minimum Gasteiger partial charge on any atom is -0.378 e. The van der Waals surface area contributed by atoms with Crippen LogP contribution in [0.2, 0.25) is 0 Å². The van der Waals surface area contributed by atoms with Crippen LogP contribution < -0.4 is 5.32 Å². The zero-order valence-electron chi connectivity index (χ0n) is 17.9. The highest BCUT2D eigenvalue weighted by molar-refractivity contribution is 5.94. The van der Waals surface area contributed by atoms with E-state index in [9.17, 15) is 4.79 Å². The molecule has 0 aromatic carbocycles. The lowest BCUT2D eigenvalue weighted by Gasteiger charge is -2.32. The average Bonchev–Trinajstić information content (AvgIpc) is 3.38. The largest absolute Gasteiger partial charge is 0.378 e. The lowest BCUT2D eigenvalue weighted by molar-refractivity contribution is 0.0298. The van der Waals surface area contributed by atoms with Crippen molar-refractivity contribution in [2.24, 2.45) is 5.41 Å². The Labute approximate surface area is 176 Å². The molecular weight excluding hydrogens is 380 g/mol. The third-order valence-corrected chi connectivity index (χ3v) is 5.64. The molecule has 8 nitrogen and oxygen atoms in total. The van der Waals surface area contributed by atoms with Crippen LogP contribution in [0.5, 0.6) is 0 Å². The van der Waals surface area contributed by atoms with E-state index >= 15 is 0 Å². The first kappa shape index (κ1) is 20.6. The number of fused-ring (bicyclic) bond motifs is 1. The fourth-order valence-corrected chi connectivity index (χ4v) is 3.77. The molecule has 1 atom stereocenters. The van der Waals surface area contributed by atoms with E-state index in [0.717, 1.165) is 17.9 Å². The number of pyridine rings is 1. The second kappa shape index (κ2) is 8.57. The average molecular weight is 411 g/mol. The van der Waals surface area contributed by atoms with E-state index in [-0.39, 0.29) is 17.4 Å². The second-order valence-electron chi connectivity index (χ2n) is 8.80. The molecular formula is C22H30N6O2.